The van der Waals surface area contributed by atoms with Crippen LogP contribution in [0.15, 0.2) is 23.0 Å². The highest BCUT2D eigenvalue weighted by Gasteiger charge is 2.64. The summed E-state index contributed by atoms with van der Waals surface area (Å²) in [5.41, 5.74) is 0.292. The number of fused-ring (bicyclic) bond motifs is 3. The third-order valence-corrected chi connectivity index (χ3v) is 7.96. The number of ketones is 2. The molecule has 1 aromatic rings. The Morgan fingerprint density at radius 3 is 2.42 bits per heavy atom. The fourth-order valence-corrected chi connectivity index (χ4v) is 6.26. The Kier molecular flexibility index (Phi) is 7.52. The summed E-state index contributed by atoms with van der Waals surface area (Å²) in [5.74, 6) is -9.73. The Morgan fingerprint density at radius 1 is 1.20 bits per heavy atom. The molecule has 0 aliphatic heterocycles. The number of aliphatic hydroxyl groups is 3. The Morgan fingerprint density at radius 2 is 1.85 bits per heavy atom. The van der Waals surface area contributed by atoms with Crippen molar-refractivity contribution in [3.63, 3.8) is 0 Å². The van der Waals surface area contributed by atoms with Gasteiger partial charge >= 0.3 is 0 Å². The van der Waals surface area contributed by atoms with Crippen LogP contribution in [0.1, 0.15) is 30.9 Å². The number of amides is 2. The predicted octanol–water partition coefficient (Wildman–Crippen LogP) is 0.383. The summed E-state index contributed by atoms with van der Waals surface area (Å²) in [6.45, 7) is 2.51. The molecule has 0 bridgehead atoms. The maximum atomic E-state index is 15.4. The number of nitrogens with one attached hydrogen (secondary N) is 1. The monoisotopic (exact) mass is 560 g/mol. The average Bonchev–Trinajstić information content (AvgIpc) is 2.84. The van der Waals surface area contributed by atoms with E-state index in [0.717, 1.165) is 12.5 Å². The van der Waals surface area contributed by atoms with E-state index < -0.39 is 86.7 Å². The number of nitrogens with two attached hydrogens (primary N) is 1. The molecular formula is C27H33FN4O8. The van der Waals surface area contributed by atoms with Gasteiger partial charge in [-0.1, -0.05) is 6.92 Å². The number of nitrogens with zero attached hydrogens (tertiary/aromatic N) is 2. The molecule has 1 aromatic carbocycles. The van der Waals surface area contributed by atoms with Crippen molar-refractivity contribution in [2.45, 2.75) is 37.8 Å². The Balaban J connectivity index is 1.84. The van der Waals surface area contributed by atoms with Gasteiger partial charge in [0.05, 0.1) is 23.8 Å². The van der Waals surface area contributed by atoms with E-state index >= 15 is 4.39 Å². The molecule has 0 aromatic heterocycles. The largest absolute Gasteiger partial charge is 0.508 e. The Bertz CT molecular complexity index is 1390. The van der Waals surface area contributed by atoms with Gasteiger partial charge in [0, 0.05) is 23.1 Å². The molecule has 13 heteroatoms. The minimum Gasteiger partial charge on any atom is -0.508 e. The van der Waals surface area contributed by atoms with Crippen molar-refractivity contribution < 1.29 is 44.0 Å². The van der Waals surface area contributed by atoms with Crippen molar-refractivity contribution in [1.82, 2.24) is 9.80 Å². The van der Waals surface area contributed by atoms with Crippen molar-refractivity contribution in [2.24, 2.45) is 17.6 Å². The number of Topliss-reactive ketones (excluding diaryl/α,β-unsaturated/α-hetero) is 2. The van der Waals surface area contributed by atoms with Crippen molar-refractivity contribution in [1.29, 1.82) is 0 Å². The molecule has 7 N–H and O–H groups in total. The summed E-state index contributed by atoms with van der Waals surface area (Å²) in [6.07, 6.45) is 0.442. The van der Waals surface area contributed by atoms with Gasteiger partial charge in [-0.15, -0.1) is 0 Å². The van der Waals surface area contributed by atoms with Crippen molar-refractivity contribution in [2.75, 3.05) is 39.5 Å². The molecule has 1 fully saturated rings. The number of halogens is 1. The zero-order chi connectivity index (χ0) is 29.8. The highest BCUT2D eigenvalue weighted by Crippen LogP contribution is 2.53. The van der Waals surface area contributed by atoms with Gasteiger partial charge in [-0.2, -0.15) is 0 Å². The topological polar surface area (TPSA) is 194 Å². The molecular weight excluding hydrogens is 527 g/mol. The Labute approximate surface area is 229 Å². The molecule has 4 rings (SSSR count). The minimum absolute atomic E-state index is 0.0480. The second-order valence-electron chi connectivity index (χ2n) is 10.9. The molecule has 3 aliphatic rings. The molecule has 0 saturated heterocycles. The molecule has 40 heavy (non-hydrogen) atoms. The van der Waals surface area contributed by atoms with Crippen molar-refractivity contribution in [3.05, 3.63) is 39.9 Å². The minimum atomic E-state index is -2.80. The molecule has 0 radical (unpaired) electrons. The number of aliphatic hydroxyl groups excluding tert-OH is 2. The maximum Gasteiger partial charge on any atom is 0.255 e. The lowest BCUT2D eigenvalue weighted by molar-refractivity contribution is -0.153. The summed E-state index contributed by atoms with van der Waals surface area (Å²) in [5, 5.41) is 47.1. The number of primary amides is 1. The third-order valence-electron chi connectivity index (χ3n) is 7.96. The number of phenolic OH excluding ortho intramolecular Hbond substituents is 1. The van der Waals surface area contributed by atoms with E-state index in [1.807, 2.05) is 6.92 Å². The fourth-order valence-electron chi connectivity index (χ4n) is 6.26. The molecule has 2 amide bonds. The van der Waals surface area contributed by atoms with E-state index in [4.69, 9.17) is 5.73 Å². The van der Waals surface area contributed by atoms with Crippen LogP contribution in [-0.2, 0) is 25.6 Å². The summed E-state index contributed by atoms with van der Waals surface area (Å²) in [6, 6.07) is -0.315. The zero-order valence-corrected chi connectivity index (χ0v) is 22.6. The standard InChI is InChI=1S/C27H33FN4O8/c1-5-6-32(4)10-16(33)30-15-9-14(28)12-7-11-8-13-20(31(2)3)23(36)19(26(29)39)25(38)27(13,40)24(37)17(11)22(35)18(12)21(15)34/h9,11,13,20,34-35,38,40H,5-8,10H2,1-4H3,(H2,29,39)(H,30,33)/t11-,13-,20-,27-/m0/s1. The predicted molar refractivity (Wildman–Crippen MR) is 141 cm³/mol. The quantitative estimate of drug-likeness (QED) is 0.201. The highest BCUT2D eigenvalue weighted by atomic mass is 19.1. The van der Waals surface area contributed by atoms with Gasteiger partial charge in [0.1, 0.15) is 22.9 Å². The van der Waals surface area contributed by atoms with Gasteiger partial charge in [0.15, 0.2) is 17.1 Å². The first kappa shape index (κ1) is 29.2. The van der Waals surface area contributed by atoms with Gasteiger partial charge in [0.2, 0.25) is 11.7 Å². The van der Waals surface area contributed by atoms with Gasteiger partial charge in [-0.3, -0.25) is 29.0 Å². The number of benzene rings is 1. The van der Waals surface area contributed by atoms with Crippen LogP contribution in [-0.4, -0.2) is 99.5 Å². The lowest BCUT2D eigenvalue weighted by Crippen LogP contribution is -2.65. The normalized spacial score (nSPS) is 26.1. The van der Waals surface area contributed by atoms with Crippen LogP contribution in [0.3, 0.4) is 0 Å². The second kappa shape index (κ2) is 10.3. The van der Waals surface area contributed by atoms with E-state index in [0.29, 0.717) is 6.54 Å². The van der Waals surface area contributed by atoms with Crippen LogP contribution >= 0.6 is 0 Å². The van der Waals surface area contributed by atoms with Crippen LogP contribution in [0, 0.1) is 17.7 Å². The van der Waals surface area contributed by atoms with Gasteiger partial charge in [-0.25, -0.2) is 4.39 Å². The van der Waals surface area contributed by atoms with E-state index in [1.54, 1.807) is 11.9 Å². The molecule has 0 spiro atoms. The van der Waals surface area contributed by atoms with Crippen molar-refractivity contribution in [3.8, 4) is 5.75 Å². The van der Waals surface area contributed by atoms with Gasteiger partial charge in [-0.05, 0) is 52.9 Å². The molecule has 12 nitrogen and oxygen atoms in total. The summed E-state index contributed by atoms with van der Waals surface area (Å²) < 4.78 is 15.4. The summed E-state index contributed by atoms with van der Waals surface area (Å²) in [7, 11) is 4.69. The number of anilines is 1. The van der Waals surface area contributed by atoms with Crippen LogP contribution in [0.25, 0.3) is 5.76 Å². The van der Waals surface area contributed by atoms with E-state index in [1.165, 1.54) is 19.0 Å². The lowest BCUT2D eigenvalue weighted by Gasteiger charge is -2.50. The lowest BCUT2D eigenvalue weighted by atomic mass is 9.57. The summed E-state index contributed by atoms with van der Waals surface area (Å²) in [4.78, 5) is 54.6. The fraction of sp³-hybridized carbons (Fsp3) is 0.481. The van der Waals surface area contributed by atoms with E-state index in [9.17, 15) is 39.6 Å². The smallest absolute Gasteiger partial charge is 0.255 e. The highest BCUT2D eigenvalue weighted by molar-refractivity contribution is 6.24. The number of phenols is 1. The van der Waals surface area contributed by atoms with Gasteiger partial charge < -0.3 is 31.5 Å². The van der Waals surface area contributed by atoms with Crippen LogP contribution in [0.2, 0.25) is 0 Å². The van der Waals surface area contributed by atoms with E-state index in [-0.39, 0.29) is 30.6 Å². The number of aromatic hydroxyl groups is 1. The Hall–Kier alpha value is -3.81. The number of carbonyl (C=O) groups excluding carboxylic acids is 4. The third kappa shape index (κ3) is 4.34. The molecule has 0 heterocycles. The van der Waals surface area contributed by atoms with E-state index in [2.05, 4.69) is 5.32 Å². The van der Waals surface area contributed by atoms with Gasteiger partial charge in [0.25, 0.3) is 5.91 Å². The molecule has 3 aliphatic carbocycles. The molecule has 1 saturated carbocycles. The van der Waals surface area contributed by atoms with Crippen LogP contribution in [0.5, 0.6) is 5.75 Å². The summed E-state index contributed by atoms with van der Waals surface area (Å²) >= 11 is 0. The maximum absolute atomic E-state index is 15.4. The average molecular weight is 561 g/mol. The first-order valence-electron chi connectivity index (χ1n) is 12.8. The van der Waals surface area contributed by atoms with Crippen LogP contribution < -0.4 is 11.1 Å². The number of likely N-dealkylation sites (N-methyl/N-ethyl adjacent to an activating group) is 2. The number of rotatable bonds is 7. The van der Waals surface area contributed by atoms with Crippen molar-refractivity contribution >= 4 is 34.8 Å². The number of hydrogen-bond donors (Lipinski definition) is 6. The first-order chi connectivity index (χ1) is 18.7. The molecule has 216 valence electrons. The first-order valence-corrected chi connectivity index (χ1v) is 12.8. The number of hydrogen-bond acceptors (Lipinski definition) is 10. The van der Waals surface area contributed by atoms with Crippen LogP contribution in [0.4, 0.5) is 10.1 Å². The number of carbonyl (C=O) groups is 4. The second-order valence-corrected chi connectivity index (χ2v) is 10.9. The molecule has 4 atom stereocenters. The zero-order valence-electron chi connectivity index (χ0n) is 22.6. The SMILES string of the molecule is CCCN(C)CC(=O)Nc1cc(F)c2c(c1O)C(O)=C1C(=O)[C@]3(O)C(O)=C(C(N)=O)C(=O)[C@@H](N(C)C)[C@@H]3C[C@@H]1C2. The molecule has 0 unspecified atom stereocenters.